The summed E-state index contributed by atoms with van der Waals surface area (Å²) in [7, 11) is -3.30. The molecule has 1 heterocycles. The van der Waals surface area contributed by atoms with Gasteiger partial charge in [-0.15, -0.1) is 0 Å². The van der Waals surface area contributed by atoms with E-state index in [1.54, 1.807) is 0 Å². The molecule has 1 N–H and O–H groups in total. The molecule has 0 atom stereocenters. The molecule has 0 amide bonds. The Morgan fingerprint density at radius 1 is 1.40 bits per heavy atom. The minimum atomic E-state index is -3.30. The first kappa shape index (κ1) is 12.3. The van der Waals surface area contributed by atoms with Gasteiger partial charge in [-0.05, 0) is 24.8 Å². The highest BCUT2D eigenvalue weighted by atomic mass is 32.2. The lowest BCUT2D eigenvalue weighted by Crippen LogP contribution is -2.39. The van der Waals surface area contributed by atoms with Crippen LogP contribution in [0.15, 0.2) is 5.11 Å². The summed E-state index contributed by atoms with van der Waals surface area (Å²) in [5.41, 5.74) is 8.01. The Hall–Kier alpha value is -0.820. The number of hydrogen-bond acceptors (Lipinski definition) is 3. The largest absolute Gasteiger partial charge is 0.279 e. The van der Waals surface area contributed by atoms with Crippen molar-refractivity contribution in [3.63, 3.8) is 0 Å². The van der Waals surface area contributed by atoms with Gasteiger partial charge in [0.05, 0.1) is 0 Å². The van der Waals surface area contributed by atoms with Crippen molar-refractivity contribution in [3.05, 3.63) is 10.4 Å². The van der Waals surface area contributed by atoms with E-state index >= 15 is 0 Å². The molecule has 1 saturated heterocycles. The standard InChI is InChI=1S/C7H15N5O2S/c8-11-9-4-3-5-10-15(13,14)12-6-1-2-7-12/h10H,1-7H2. The second kappa shape index (κ2) is 5.92. The minimum absolute atomic E-state index is 0.317. The fraction of sp³-hybridized carbons (Fsp3) is 1.00. The van der Waals surface area contributed by atoms with Gasteiger partial charge in [0.2, 0.25) is 0 Å². The van der Waals surface area contributed by atoms with Crippen molar-refractivity contribution in [2.45, 2.75) is 19.3 Å². The van der Waals surface area contributed by atoms with E-state index < -0.39 is 10.2 Å². The van der Waals surface area contributed by atoms with Gasteiger partial charge in [-0.2, -0.15) is 12.7 Å². The first-order valence-electron chi connectivity index (χ1n) is 4.92. The molecule has 1 aliphatic heterocycles. The van der Waals surface area contributed by atoms with E-state index in [1.807, 2.05) is 0 Å². The smallest absolute Gasteiger partial charge is 0.202 e. The number of rotatable bonds is 6. The monoisotopic (exact) mass is 233 g/mol. The Labute approximate surface area is 89.3 Å². The summed E-state index contributed by atoms with van der Waals surface area (Å²) in [6.07, 6.45) is 2.39. The Balaban J connectivity index is 2.26. The van der Waals surface area contributed by atoms with Crippen molar-refractivity contribution >= 4 is 10.2 Å². The number of nitrogens with zero attached hydrogens (tertiary/aromatic N) is 4. The van der Waals surface area contributed by atoms with Crippen molar-refractivity contribution in [1.29, 1.82) is 0 Å². The van der Waals surface area contributed by atoms with E-state index in [0.717, 1.165) is 12.8 Å². The van der Waals surface area contributed by atoms with Crippen molar-refractivity contribution in [2.24, 2.45) is 5.11 Å². The zero-order valence-corrected chi connectivity index (χ0v) is 9.28. The average molecular weight is 233 g/mol. The van der Waals surface area contributed by atoms with Crippen LogP contribution >= 0.6 is 0 Å². The molecule has 1 rings (SSSR count). The van der Waals surface area contributed by atoms with Gasteiger partial charge in [0.15, 0.2) is 0 Å². The van der Waals surface area contributed by atoms with E-state index in [9.17, 15) is 8.42 Å². The zero-order valence-electron chi connectivity index (χ0n) is 8.46. The lowest BCUT2D eigenvalue weighted by atomic mass is 10.4. The molecule has 0 unspecified atom stereocenters. The van der Waals surface area contributed by atoms with Crippen LogP contribution in [-0.4, -0.2) is 38.9 Å². The molecular weight excluding hydrogens is 218 g/mol. The third-order valence-electron chi connectivity index (χ3n) is 2.19. The highest BCUT2D eigenvalue weighted by Crippen LogP contribution is 2.10. The normalized spacial score (nSPS) is 17.6. The predicted molar refractivity (Wildman–Crippen MR) is 56.4 cm³/mol. The molecule has 86 valence electrons. The van der Waals surface area contributed by atoms with E-state index in [4.69, 9.17) is 5.53 Å². The number of azide groups is 1. The van der Waals surface area contributed by atoms with Gasteiger partial charge in [-0.1, -0.05) is 5.11 Å². The summed E-state index contributed by atoms with van der Waals surface area (Å²) in [5.74, 6) is 0. The van der Waals surface area contributed by atoms with Gasteiger partial charge < -0.3 is 0 Å². The third kappa shape index (κ3) is 4.05. The van der Waals surface area contributed by atoms with Crippen molar-refractivity contribution < 1.29 is 8.42 Å². The molecule has 0 spiro atoms. The molecule has 0 aromatic rings. The minimum Gasteiger partial charge on any atom is -0.202 e. The summed E-state index contributed by atoms with van der Waals surface area (Å²) in [5, 5.41) is 3.32. The van der Waals surface area contributed by atoms with E-state index in [-0.39, 0.29) is 0 Å². The van der Waals surface area contributed by atoms with Crippen LogP contribution in [-0.2, 0) is 10.2 Å². The van der Waals surface area contributed by atoms with Crippen molar-refractivity contribution in [2.75, 3.05) is 26.2 Å². The summed E-state index contributed by atoms with van der Waals surface area (Å²) in [6.45, 7) is 1.84. The van der Waals surface area contributed by atoms with Gasteiger partial charge in [0.25, 0.3) is 10.2 Å². The maximum atomic E-state index is 11.6. The Morgan fingerprint density at radius 3 is 2.67 bits per heavy atom. The second-order valence-electron chi connectivity index (χ2n) is 3.31. The van der Waals surface area contributed by atoms with E-state index in [0.29, 0.717) is 32.6 Å². The summed E-state index contributed by atoms with van der Waals surface area (Å²) < 4.78 is 27.1. The fourth-order valence-electron chi connectivity index (χ4n) is 1.42. The first-order valence-corrected chi connectivity index (χ1v) is 6.36. The molecule has 0 radical (unpaired) electrons. The molecule has 0 saturated carbocycles. The Morgan fingerprint density at radius 2 is 2.07 bits per heavy atom. The van der Waals surface area contributed by atoms with Crippen LogP contribution in [0.3, 0.4) is 0 Å². The third-order valence-corrected chi connectivity index (χ3v) is 3.80. The Bertz CT molecular complexity index is 329. The Kier molecular flexibility index (Phi) is 4.83. The molecule has 1 aliphatic rings. The van der Waals surface area contributed by atoms with Gasteiger partial charge in [0, 0.05) is 31.1 Å². The number of nitrogens with one attached hydrogen (secondary N) is 1. The molecule has 0 bridgehead atoms. The van der Waals surface area contributed by atoms with E-state index in [1.165, 1.54) is 4.31 Å². The predicted octanol–water partition coefficient (Wildman–Crippen LogP) is 0.617. The van der Waals surface area contributed by atoms with Crippen LogP contribution in [0.4, 0.5) is 0 Å². The maximum Gasteiger partial charge on any atom is 0.279 e. The lowest BCUT2D eigenvalue weighted by Gasteiger charge is -2.15. The maximum absolute atomic E-state index is 11.6. The van der Waals surface area contributed by atoms with Gasteiger partial charge >= 0.3 is 0 Å². The first-order chi connectivity index (χ1) is 7.17. The van der Waals surface area contributed by atoms with Crippen molar-refractivity contribution in [1.82, 2.24) is 9.03 Å². The van der Waals surface area contributed by atoms with E-state index in [2.05, 4.69) is 14.7 Å². The molecule has 0 aliphatic carbocycles. The molecule has 1 fully saturated rings. The lowest BCUT2D eigenvalue weighted by molar-refractivity contribution is 0.464. The highest BCUT2D eigenvalue weighted by molar-refractivity contribution is 7.87. The number of hydrogen-bond donors (Lipinski definition) is 1. The molecule has 15 heavy (non-hydrogen) atoms. The van der Waals surface area contributed by atoms with Crippen LogP contribution in [0.1, 0.15) is 19.3 Å². The molecule has 0 aromatic carbocycles. The van der Waals surface area contributed by atoms with Crippen LogP contribution in [0, 0.1) is 0 Å². The SMILES string of the molecule is [N-]=[N+]=NCCCNS(=O)(=O)N1CCCC1. The summed E-state index contributed by atoms with van der Waals surface area (Å²) in [6, 6.07) is 0. The van der Waals surface area contributed by atoms with Crippen molar-refractivity contribution in [3.8, 4) is 0 Å². The molecule has 7 nitrogen and oxygen atoms in total. The van der Waals surface area contributed by atoms with Crippen LogP contribution in [0.2, 0.25) is 0 Å². The van der Waals surface area contributed by atoms with Crippen LogP contribution in [0.25, 0.3) is 10.4 Å². The second-order valence-corrected chi connectivity index (χ2v) is 5.07. The van der Waals surface area contributed by atoms with Gasteiger partial charge in [0.1, 0.15) is 0 Å². The van der Waals surface area contributed by atoms with Gasteiger partial charge in [-0.3, -0.25) is 0 Å². The quantitative estimate of drug-likeness (QED) is 0.315. The zero-order chi connectivity index (χ0) is 11.1. The van der Waals surface area contributed by atoms with Gasteiger partial charge in [-0.25, -0.2) is 4.72 Å². The molecular formula is C7H15N5O2S. The summed E-state index contributed by atoms with van der Waals surface area (Å²) >= 11 is 0. The fourth-order valence-corrected chi connectivity index (χ4v) is 2.74. The molecule has 0 aromatic heterocycles. The highest BCUT2D eigenvalue weighted by Gasteiger charge is 2.24. The average Bonchev–Trinajstić information content (AvgIpc) is 2.70. The van der Waals surface area contributed by atoms with Crippen LogP contribution in [0.5, 0.6) is 0 Å². The molecule has 8 heteroatoms. The summed E-state index contributed by atoms with van der Waals surface area (Å²) in [4.78, 5) is 2.58. The topological polar surface area (TPSA) is 98.2 Å². The van der Waals surface area contributed by atoms with Crippen LogP contribution < -0.4 is 4.72 Å².